The molecule has 0 saturated carbocycles. The number of nitrogens with zero attached hydrogens (tertiary/aromatic N) is 3. The van der Waals surface area contributed by atoms with Crippen LogP contribution in [-0.2, 0) is 19.6 Å². The number of carboxylic acids is 1. The van der Waals surface area contributed by atoms with Crippen LogP contribution < -0.4 is 5.32 Å². The minimum Gasteiger partial charge on any atom is -0.475 e. The number of aliphatic carboxylic acids is 1. The number of rotatable bonds is 8. The van der Waals surface area contributed by atoms with Gasteiger partial charge in [-0.1, -0.05) is 32.4 Å². The number of hydrogen-bond donors (Lipinski definition) is 2. The summed E-state index contributed by atoms with van der Waals surface area (Å²) in [7, 11) is -3.75. The third-order valence-corrected chi connectivity index (χ3v) is 8.64. The Labute approximate surface area is 223 Å². The summed E-state index contributed by atoms with van der Waals surface area (Å²) in [6.07, 6.45) is -1.57. The lowest BCUT2D eigenvalue weighted by atomic mass is 10.0. The van der Waals surface area contributed by atoms with Crippen molar-refractivity contribution >= 4 is 21.9 Å². The van der Waals surface area contributed by atoms with Crippen LogP contribution in [0.4, 0.5) is 13.2 Å². The van der Waals surface area contributed by atoms with E-state index in [4.69, 9.17) is 9.90 Å². The maximum absolute atomic E-state index is 13.5. The van der Waals surface area contributed by atoms with Gasteiger partial charge >= 0.3 is 12.1 Å². The smallest absolute Gasteiger partial charge is 0.475 e. The summed E-state index contributed by atoms with van der Waals surface area (Å²) >= 11 is 0. The molecule has 2 heterocycles. The molecule has 1 aromatic carbocycles. The van der Waals surface area contributed by atoms with Crippen molar-refractivity contribution in [2.24, 2.45) is 0 Å². The quantitative estimate of drug-likeness (QED) is 0.500. The minimum absolute atomic E-state index is 0.101. The first-order valence-electron chi connectivity index (χ1n) is 12.9. The number of sulfonamides is 1. The number of carboxylic acid groups (broad SMARTS) is 1. The number of likely N-dealkylation sites (tertiary alicyclic amines) is 1. The van der Waals surface area contributed by atoms with Crippen molar-refractivity contribution in [2.45, 2.75) is 63.1 Å². The van der Waals surface area contributed by atoms with Gasteiger partial charge in [0.25, 0.3) is 0 Å². The lowest BCUT2D eigenvalue weighted by Gasteiger charge is -2.35. The highest BCUT2D eigenvalue weighted by Gasteiger charge is 2.38. The Morgan fingerprint density at radius 1 is 1.11 bits per heavy atom. The number of piperazine rings is 1. The zero-order chi connectivity index (χ0) is 28.5. The molecule has 38 heavy (non-hydrogen) atoms. The van der Waals surface area contributed by atoms with Gasteiger partial charge in [0.15, 0.2) is 0 Å². The van der Waals surface area contributed by atoms with E-state index in [1.54, 1.807) is 17.0 Å². The zero-order valence-electron chi connectivity index (χ0n) is 22.2. The first-order valence-corrected chi connectivity index (χ1v) is 14.3. The number of piperidine rings is 1. The molecule has 13 heteroatoms. The molecule has 0 bridgehead atoms. The van der Waals surface area contributed by atoms with Gasteiger partial charge in [-0.15, -0.1) is 0 Å². The number of benzene rings is 1. The summed E-state index contributed by atoms with van der Waals surface area (Å²) in [5.41, 5.74) is 1.10. The van der Waals surface area contributed by atoms with Crippen LogP contribution in [0, 0.1) is 0 Å². The molecular weight excluding hydrogens is 525 g/mol. The summed E-state index contributed by atoms with van der Waals surface area (Å²) < 4.78 is 60.1. The van der Waals surface area contributed by atoms with Crippen molar-refractivity contribution in [3.05, 3.63) is 29.8 Å². The molecule has 2 aliphatic rings. The van der Waals surface area contributed by atoms with Crippen molar-refractivity contribution in [3.63, 3.8) is 0 Å². The number of carbonyl (C=O) groups is 2. The average molecular weight is 565 g/mol. The fraction of sp³-hybridized carbons (Fsp3) is 0.680. The van der Waals surface area contributed by atoms with Gasteiger partial charge in [0.05, 0.1) is 11.4 Å². The largest absolute Gasteiger partial charge is 0.490 e. The molecular formula is C25H39F3N4O5S. The van der Waals surface area contributed by atoms with Crippen molar-refractivity contribution in [3.8, 4) is 0 Å². The Hall–Kier alpha value is -2.22. The van der Waals surface area contributed by atoms with Crippen LogP contribution in [0.1, 0.15) is 51.5 Å². The van der Waals surface area contributed by atoms with Crippen LogP contribution in [0.25, 0.3) is 0 Å². The highest BCUT2D eigenvalue weighted by atomic mass is 32.2. The molecule has 2 N–H and O–H groups in total. The van der Waals surface area contributed by atoms with Gasteiger partial charge in [-0.2, -0.15) is 17.5 Å². The monoisotopic (exact) mass is 564 g/mol. The molecule has 0 spiro atoms. The van der Waals surface area contributed by atoms with E-state index in [9.17, 15) is 26.4 Å². The maximum atomic E-state index is 13.5. The molecule has 216 valence electrons. The Bertz CT molecular complexity index is 1010. The average Bonchev–Trinajstić information content (AvgIpc) is 2.87. The van der Waals surface area contributed by atoms with Gasteiger partial charge in [0.2, 0.25) is 15.9 Å². The Balaban J connectivity index is 0.000000638. The number of carbonyl (C=O) groups excluding carboxylic acids is 1. The van der Waals surface area contributed by atoms with Crippen LogP contribution in [0.3, 0.4) is 0 Å². The van der Waals surface area contributed by atoms with Gasteiger partial charge in [0.1, 0.15) is 0 Å². The minimum atomic E-state index is -5.08. The second kappa shape index (κ2) is 14.2. The molecule has 1 unspecified atom stereocenters. The van der Waals surface area contributed by atoms with Crippen LogP contribution in [-0.4, -0.2) is 104 Å². The summed E-state index contributed by atoms with van der Waals surface area (Å²) in [4.78, 5) is 26.2. The van der Waals surface area contributed by atoms with E-state index in [0.29, 0.717) is 38.1 Å². The van der Waals surface area contributed by atoms with Crippen LogP contribution in [0.2, 0.25) is 0 Å². The summed E-state index contributed by atoms with van der Waals surface area (Å²) in [5, 5.41) is 10.4. The predicted molar refractivity (Wildman–Crippen MR) is 137 cm³/mol. The highest BCUT2D eigenvalue weighted by Crippen LogP contribution is 2.22. The molecule has 2 aliphatic heterocycles. The molecule has 0 radical (unpaired) electrons. The van der Waals surface area contributed by atoms with E-state index in [2.05, 4.69) is 31.0 Å². The number of amides is 1. The summed E-state index contributed by atoms with van der Waals surface area (Å²) in [6.45, 7) is 11.0. The fourth-order valence-corrected chi connectivity index (χ4v) is 5.73. The van der Waals surface area contributed by atoms with Crippen molar-refractivity contribution in [1.29, 1.82) is 0 Å². The molecule has 2 fully saturated rings. The lowest BCUT2D eigenvalue weighted by Crippen LogP contribution is -2.51. The Kier molecular flexibility index (Phi) is 12.0. The molecule has 0 aliphatic carbocycles. The van der Waals surface area contributed by atoms with Crippen LogP contribution in [0.5, 0.6) is 0 Å². The van der Waals surface area contributed by atoms with Crippen molar-refractivity contribution in [2.75, 3.05) is 52.4 Å². The van der Waals surface area contributed by atoms with Crippen LogP contribution >= 0.6 is 0 Å². The first-order chi connectivity index (χ1) is 17.7. The molecule has 1 atom stereocenters. The second-order valence-electron chi connectivity index (χ2n) is 9.88. The third kappa shape index (κ3) is 9.51. The van der Waals surface area contributed by atoms with E-state index < -0.39 is 22.2 Å². The molecule has 0 aromatic heterocycles. The number of alkyl halides is 3. The zero-order valence-corrected chi connectivity index (χ0v) is 23.0. The highest BCUT2D eigenvalue weighted by molar-refractivity contribution is 7.89. The SMILES string of the molecule is CC(C)c1ccc(S(=O)(=O)N(CCN2CCCCC2C)CC(=O)N2CCNCC2)cc1.O=C(O)C(F)(F)F. The Morgan fingerprint density at radius 2 is 1.68 bits per heavy atom. The van der Waals surface area contributed by atoms with Crippen molar-refractivity contribution in [1.82, 2.24) is 19.4 Å². The normalized spacial score (nSPS) is 19.3. The second-order valence-corrected chi connectivity index (χ2v) is 11.8. The maximum Gasteiger partial charge on any atom is 0.490 e. The third-order valence-electron chi connectivity index (χ3n) is 6.79. The van der Waals surface area contributed by atoms with Gasteiger partial charge in [-0.3, -0.25) is 9.69 Å². The topological polar surface area (TPSA) is 110 Å². The van der Waals surface area contributed by atoms with E-state index in [1.807, 2.05) is 12.1 Å². The first kappa shape index (κ1) is 32.0. The molecule has 1 aromatic rings. The van der Waals surface area contributed by atoms with Gasteiger partial charge in [-0.25, -0.2) is 13.2 Å². The number of halogens is 3. The molecule has 1 amide bonds. The molecule has 9 nitrogen and oxygen atoms in total. The lowest BCUT2D eigenvalue weighted by molar-refractivity contribution is -0.192. The van der Waals surface area contributed by atoms with Gasteiger partial charge in [-0.05, 0) is 49.9 Å². The van der Waals surface area contributed by atoms with Gasteiger partial charge in [0, 0.05) is 45.3 Å². The standard InChI is InChI=1S/C23H38N4O3S.C2HF3O2/c1-19(2)21-7-9-22(10-8-21)31(29,30)27(17-16-25-13-5-4-6-20(25)3)18-23(28)26-14-11-24-12-15-26;3-2(4,5)1(6)7/h7-10,19-20,24H,4-6,11-18H2,1-3H3;(H,6,7). The Morgan fingerprint density at radius 3 is 2.18 bits per heavy atom. The predicted octanol–water partition coefficient (Wildman–Crippen LogP) is 2.74. The van der Waals surface area contributed by atoms with E-state index >= 15 is 0 Å². The summed E-state index contributed by atoms with van der Waals surface area (Å²) in [6, 6.07) is 7.56. The van der Waals surface area contributed by atoms with E-state index in [-0.39, 0.29) is 17.3 Å². The fourth-order valence-electron chi connectivity index (χ4n) is 4.35. The van der Waals surface area contributed by atoms with E-state index in [0.717, 1.165) is 38.0 Å². The van der Waals surface area contributed by atoms with Crippen molar-refractivity contribution < 1.29 is 36.3 Å². The number of hydrogen-bond acceptors (Lipinski definition) is 6. The molecule has 3 rings (SSSR count). The number of nitrogens with one attached hydrogen (secondary N) is 1. The molecule has 2 saturated heterocycles. The summed E-state index contributed by atoms with van der Waals surface area (Å²) in [5.74, 6) is -2.54. The van der Waals surface area contributed by atoms with Gasteiger partial charge < -0.3 is 15.3 Å². The van der Waals surface area contributed by atoms with E-state index in [1.165, 1.54) is 10.7 Å². The van der Waals surface area contributed by atoms with Crippen LogP contribution in [0.15, 0.2) is 29.2 Å².